The molecule has 0 heterocycles. The number of benzene rings is 1. The highest BCUT2D eigenvalue weighted by Crippen LogP contribution is 2.27. The van der Waals surface area contributed by atoms with Gasteiger partial charge in [0.2, 0.25) is 0 Å². The summed E-state index contributed by atoms with van der Waals surface area (Å²) in [6, 6.07) is 7.08. The molecule has 0 aromatic heterocycles. The molecule has 0 aliphatic carbocycles. The minimum atomic E-state index is -0.368. The second-order valence-corrected chi connectivity index (χ2v) is 3.77. The molecule has 0 aliphatic heterocycles. The molecule has 0 fully saturated rings. The van der Waals surface area contributed by atoms with Crippen LogP contribution in [-0.4, -0.2) is 23.9 Å². The summed E-state index contributed by atoms with van der Waals surface area (Å²) >= 11 is 1.45. The largest absolute Gasteiger partial charge is 0.507 e. The summed E-state index contributed by atoms with van der Waals surface area (Å²) in [5.74, 6) is 0.508. The van der Waals surface area contributed by atoms with E-state index in [1.54, 1.807) is 18.2 Å². The van der Waals surface area contributed by atoms with Crippen molar-refractivity contribution in [3.63, 3.8) is 0 Å². The smallest absolute Gasteiger partial charge is 0.330 e. The molecule has 0 aliphatic rings. The van der Waals surface area contributed by atoms with Crippen molar-refractivity contribution in [3.8, 4) is 5.75 Å². The number of hydrogen-bond donors (Lipinski definition) is 1. The molecule has 0 saturated carbocycles. The van der Waals surface area contributed by atoms with Gasteiger partial charge in [-0.05, 0) is 12.1 Å². The molecule has 0 spiro atoms. The molecule has 1 aromatic carbocycles. The lowest BCUT2D eigenvalue weighted by atomic mass is 10.3. The van der Waals surface area contributed by atoms with Crippen molar-refractivity contribution in [1.29, 1.82) is 0 Å². The number of hydrogen-bond acceptors (Lipinski definition) is 4. The summed E-state index contributed by atoms with van der Waals surface area (Å²) < 4.78 is 4.44. The zero-order chi connectivity index (χ0) is 11.1. The SMILES string of the molecule is COC(=O)C=CCSc1ccccc1O. The zero-order valence-corrected chi connectivity index (χ0v) is 9.16. The van der Waals surface area contributed by atoms with Crippen LogP contribution in [0.2, 0.25) is 0 Å². The Morgan fingerprint density at radius 3 is 2.93 bits per heavy atom. The van der Waals surface area contributed by atoms with Gasteiger partial charge in [0.25, 0.3) is 0 Å². The highest BCUT2D eigenvalue weighted by atomic mass is 32.2. The van der Waals surface area contributed by atoms with E-state index in [9.17, 15) is 9.90 Å². The van der Waals surface area contributed by atoms with E-state index in [2.05, 4.69) is 4.74 Å². The Morgan fingerprint density at radius 1 is 1.53 bits per heavy atom. The maximum atomic E-state index is 10.7. The lowest BCUT2D eigenvalue weighted by molar-refractivity contribution is -0.134. The molecule has 4 heteroatoms. The van der Waals surface area contributed by atoms with E-state index >= 15 is 0 Å². The molecule has 0 amide bonds. The standard InChI is InChI=1S/C11H12O3S/c1-14-11(13)7-4-8-15-10-6-3-2-5-9(10)12/h2-7,12H,8H2,1H3. The first-order valence-electron chi connectivity index (χ1n) is 4.39. The summed E-state index contributed by atoms with van der Waals surface area (Å²) in [4.78, 5) is 11.5. The van der Waals surface area contributed by atoms with Gasteiger partial charge in [0.1, 0.15) is 5.75 Å². The van der Waals surface area contributed by atoms with Crippen molar-refractivity contribution in [2.75, 3.05) is 12.9 Å². The Bertz CT molecular complexity index is 361. The van der Waals surface area contributed by atoms with Gasteiger partial charge >= 0.3 is 5.97 Å². The number of ether oxygens (including phenoxy) is 1. The predicted octanol–water partition coefficient (Wildman–Crippen LogP) is 2.21. The Kier molecular flexibility index (Phi) is 4.77. The average molecular weight is 224 g/mol. The van der Waals surface area contributed by atoms with Gasteiger partial charge in [-0.1, -0.05) is 18.2 Å². The summed E-state index contributed by atoms with van der Waals surface area (Å²) in [6.07, 6.45) is 3.07. The van der Waals surface area contributed by atoms with E-state index in [1.165, 1.54) is 24.9 Å². The van der Waals surface area contributed by atoms with Gasteiger partial charge in [0, 0.05) is 16.7 Å². The third-order valence-electron chi connectivity index (χ3n) is 1.66. The molecule has 1 N–H and O–H groups in total. The molecule has 15 heavy (non-hydrogen) atoms. The van der Waals surface area contributed by atoms with Crippen molar-refractivity contribution in [1.82, 2.24) is 0 Å². The van der Waals surface area contributed by atoms with E-state index in [4.69, 9.17) is 0 Å². The number of thioether (sulfide) groups is 1. The van der Waals surface area contributed by atoms with Gasteiger partial charge in [-0.25, -0.2) is 4.79 Å². The van der Waals surface area contributed by atoms with Crippen molar-refractivity contribution < 1.29 is 14.6 Å². The Hall–Kier alpha value is -1.42. The zero-order valence-electron chi connectivity index (χ0n) is 8.34. The van der Waals surface area contributed by atoms with Crippen LogP contribution >= 0.6 is 11.8 Å². The number of rotatable bonds is 4. The van der Waals surface area contributed by atoms with Crippen LogP contribution in [0.25, 0.3) is 0 Å². The van der Waals surface area contributed by atoms with Crippen LogP contribution in [0.15, 0.2) is 41.3 Å². The molecule has 0 bridgehead atoms. The number of methoxy groups -OCH3 is 1. The monoisotopic (exact) mass is 224 g/mol. The van der Waals surface area contributed by atoms with Gasteiger partial charge in [-0.2, -0.15) is 0 Å². The maximum absolute atomic E-state index is 10.7. The number of esters is 1. The van der Waals surface area contributed by atoms with Gasteiger partial charge in [-0.15, -0.1) is 11.8 Å². The van der Waals surface area contributed by atoms with Crippen molar-refractivity contribution >= 4 is 17.7 Å². The third kappa shape index (κ3) is 4.08. The third-order valence-corrected chi connectivity index (χ3v) is 2.67. The molecular formula is C11H12O3S. The normalized spacial score (nSPS) is 10.5. The first-order valence-corrected chi connectivity index (χ1v) is 5.38. The molecule has 1 rings (SSSR count). The number of carbonyl (C=O) groups excluding carboxylic acids is 1. The number of para-hydroxylation sites is 1. The lowest BCUT2D eigenvalue weighted by Crippen LogP contribution is -1.93. The average Bonchev–Trinajstić information content (AvgIpc) is 2.26. The van der Waals surface area contributed by atoms with Gasteiger partial charge < -0.3 is 9.84 Å². The maximum Gasteiger partial charge on any atom is 0.330 e. The molecule has 3 nitrogen and oxygen atoms in total. The Balaban J connectivity index is 2.41. The first kappa shape index (κ1) is 11.7. The second-order valence-electron chi connectivity index (χ2n) is 2.70. The van der Waals surface area contributed by atoms with Crippen LogP contribution in [0.1, 0.15) is 0 Å². The highest BCUT2D eigenvalue weighted by Gasteiger charge is 1.98. The molecule has 0 radical (unpaired) electrons. The molecular weight excluding hydrogens is 212 g/mol. The van der Waals surface area contributed by atoms with Crippen molar-refractivity contribution in [2.45, 2.75) is 4.90 Å². The van der Waals surface area contributed by atoms with Crippen LogP contribution in [0.5, 0.6) is 5.75 Å². The van der Waals surface area contributed by atoms with E-state index in [0.717, 1.165) is 4.90 Å². The van der Waals surface area contributed by atoms with Gasteiger partial charge in [0.05, 0.1) is 7.11 Å². The Morgan fingerprint density at radius 2 is 2.27 bits per heavy atom. The van der Waals surface area contributed by atoms with E-state index in [1.807, 2.05) is 12.1 Å². The molecule has 0 atom stereocenters. The number of aromatic hydroxyl groups is 1. The van der Waals surface area contributed by atoms with Gasteiger partial charge in [-0.3, -0.25) is 0 Å². The minimum absolute atomic E-state index is 0.258. The fourth-order valence-corrected chi connectivity index (χ4v) is 1.69. The van der Waals surface area contributed by atoms with Crippen LogP contribution in [0.3, 0.4) is 0 Å². The fourth-order valence-electron chi connectivity index (χ4n) is 0.929. The summed E-state index contributed by atoms with van der Waals surface area (Å²) in [7, 11) is 1.34. The van der Waals surface area contributed by atoms with E-state index < -0.39 is 0 Å². The summed E-state index contributed by atoms with van der Waals surface area (Å²) in [5, 5.41) is 9.43. The van der Waals surface area contributed by atoms with Gasteiger partial charge in [0.15, 0.2) is 0 Å². The van der Waals surface area contributed by atoms with Crippen LogP contribution in [-0.2, 0) is 9.53 Å². The number of phenols is 1. The fraction of sp³-hybridized carbons (Fsp3) is 0.182. The predicted molar refractivity (Wildman–Crippen MR) is 60.0 cm³/mol. The lowest BCUT2D eigenvalue weighted by Gasteiger charge is -2.00. The number of carbonyl (C=O) groups is 1. The van der Waals surface area contributed by atoms with Crippen LogP contribution in [0, 0.1) is 0 Å². The van der Waals surface area contributed by atoms with E-state index in [-0.39, 0.29) is 11.7 Å². The molecule has 1 aromatic rings. The highest BCUT2D eigenvalue weighted by molar-refractivity contribution is 7.99. The van der Waals surface area contributed by atoms with Crippen LogP contribution in [0.4, 0.5) is 0 Å². The summed E-state index contributed by atoms with van der Waals surface area (Å²) in [5.41, 5.74) is 0. The first-order chi connectivity index (χ1) is 7.24. The Labute approximate surface area is 92.8 Å². The van der Waals surface area contributed by atoms with E-state index in [0.29, 0.717) is 5.75 Å². The van der Waals surface area contributed by atoms with Crippen LogP contribution < -0.4 is 0 Å². The summed E-state index contributed by atoms with van der Waals surface area (Å²) in [6.45, 7) is 0. The van der Waals surface area contributed by atoms with Crippen molar-refractivity contribution in [2.24, 2.45) is 0 Å². The molecule has 0 saturated heterocycles. The molecule has 80 valence electrons. The van der Waals surface area contributed by atoms with Crippen molar-refractivity contribution in [3.05, 3.63) is 36.4 Å². The molecule has 0 unspecified atom stereocenters. The quantitative estimate of drug-likeness (QED) is 0.484. The topological polar surface area (TPSA) is 46.5 Å². The second kappa shape index (κ2) is 6.14. The minimum Gasteiger partial charge on any atom is -0.507 e. The number of phenolic OH excluding ortho intramolecular Hbond substituents is 1.